The van der Waals surface area contributed by atoms with Crippen LogP contribution in [0.25, 0.3) is 5.70 Å². The molecule has 0 saturated heterocycles. The average Bonchev–Trinajstić information content (AvgIpc) is 3.06. The standard InChI is InChI=1S/C19H12Cl2N4S/c20-13-6-4-11(5-7-13)16-10-26-19-24-17(12-2-1-3-14(21)8-12)15(9-22)18(23)25(16)19/h1-8,10,17H,23H2. The van der Waals surface area contributed by atoms with Gasteiger partial charge in [0.1, 0.15) is 17.9 Å². The Bertz CT molecular complexity index is 1020. The first-order valence-corrected chi connectivity index (χ1v) is 9.38. The van der Waals surface area contributed by atoms with Crippen LogP contribution in [-0.4, -0.2) is 10.1 Å². The number of thioether (sulfide) groups is 1. The summed E-state index contributed by atoms with van der Waals surface area (Å²) in [5, 5.41) is 13.7. The molecule has 7 heteroatoms. The van der Waals surface area contributed by atoms with E-state index >= 15 is 0 Å². The van der Waals surface area contributed by atoms with E-state index in [-0.39, 0.29) is 0 Å². The minimum Gasteiger partial charge on any atom is -0.384 e. The minimum atomic E-state index is -0.463. The Kier molecular flexibility index (Phi) is 4.41. The lowest BCUT2D eigenvalue weighted by Gasteiger charge is -2.30. The molecule has 0 aromatic heterocycles. The molecular weight excluding hydrogens is 387 g/mol. The third-order valence-corrected chi connectivity index (χ3v) is 5.49. The van der Waals surface area contributed by atoms with Gasteiger partial charge in [0.15, 0.2) is 5.17 Å². The van der Waals surface area contributed by atoms with Crippen molar-refractivity contribution in [1.82, 2.24) is 4.90 Å². The van der Waals surface area contributed by atoms with Crippen molar-refractivity contribution in [2.24, 2.45) is 10.7 Å². The largest absolute Gasteiger partial charge is 0.384 e. The molecule has 1 unspecified atom stereocenters. The summed E-state index contributed by atoms with van der Waals surface area (Å²) >= 11 is 13.6. The van der Waals surface area contributed by atoms with E-state index in [4.69, 9.17) is 33.9 Å². The van der Waals surface area contributed by atoms with Crippen LogP contribution < -0.4 is 5.73 Å². The number of aliphatic imine (C=N–C) groups is 1. The highest BCUT2D eigenvalue weighted by Gasteiger charge is 2.35. The first-order valence-electron chi connectivity index (χ1n) is 7.74. The smallest absolute Gasteiger partial charge is 0.174 e. The molecule has 0 saturated carbocycles. The normalized spacial score (nSPS) is 19.0. The highest BCUT2D eigenvalue weighted by Crippen LogP contribution is 2.43. The highest BCUT2D eigenvalue weighted by atomic mass is 35.5. The summed E-state index contributed by atoms with van der Waals surface area (Å²) in [4.78, 5) is 6.57. The van der Waals surface area contributed by atoms with E-state index in [0.29, 0.717) is 21.4 Å². The molecule has 2 aliphatic rings. The van der Waals surface area contributed by atoms with Gasteiger partial charge < -0.3 is 5.73 Å². The van der Waals surface area contributed by atoms with Gasteiger partial charge in [0.25, 0.3) is 0 Å². The second-order valence-electron chi connectivity index (χ2n) is 5.74. The van der Waals surface area contributed by atoms with Gasteiger partial charge in [-0.25, -0.2) is 4.99 Å². The lowest BCUT2D eigenvalue weighted by atomic mass is 9.98. The molecule has 2 heterocycles. The number of halogens is 2. The van der Waals surface area contributed by atoms with E-state index in [0.717, 1.165) is 22.0 Å². The Morgan fingerprint density at radius 1 is 1.12 bits per heavy atom. The first kappa shape index (κ1) is 17.0. The molecule has 26 heavy (non-hydrogen) atoms. The molecule has 0 bridgehead atoms. The van der Waals surface area contributed by atoms with Crippen LogP contribution >= 0.6 is 35.0 Å². The predicted molar refractivity (Wildman–Crippen MR) is 107 cm³/mol. The maximum Gasteiger partial charge on any atom is 0.174 e. The number of nitriles is 1. The van der Waals surface area contributed by atoms with Crippen LogP contribution in [0.2, 0.25) is 10.0 Å². The summed E-state index contributed by atoms with van der Waals surface area (Å²) in [6.45, 7) is 0. The van der Waals surface area contributed by atoms with Gasteiger partial charge in [-0.2, -0.15) is 5.26 Å². The van der Waals surface area contributed by atoms with Crippen LogP contribution in [0.4, 0.5) is 0 Å². The van der Waals surface area contributed by atoms with E-state index in [1.165, 1.54) is 11.8 Å². The van der Waals surface area contributed by atoms with E-state index in [9.17, 15) is 5.26 Å². The van der Waals surface area contributed by atoms with Gasteiger partial charge in [0.05, 0.1) is 11.3 Å². The summed E-state index contributed by atoms with van der Waals surface area (Å²) in [7, 11) is 0. The summed E-state index contributed by atoms with van der Waals surface area (Å²) < 4.78 is 0. The maximum atomic E-state index is 9.72. The van der Waals surface area contributed by atoms with Gasteiger partial charge in [0.2, 0.25) is 0 Å². The second-order valence-corrected chi connectivity index (χ2v) is 7.45. The van der Waals surface area contributed by atoms with Crippen molar-refractivity contribution in [3.05, 3.63) is 86.5 Å². The van der Waals surface area contributed by atoms with Crippen molar-refractivity contribution >= 4 is 45.8 Å². The van der Waals surface area contributed by atoms with Gasteiger partial charge in [-0.1, -0.05) is 59.2 Å². The Morgan fingerprint density at radius 2 is 1.88 bits per heavy atom. The fourth-order valence-corrected chi connectivity index (χ4v) is 4.18. The van der Waals surface area contributed by atoms with Crippen molar-refractivity contribution in [3.63, 3.8) is 0 Å². The van der Waals surface area contributed by atoms with Gasteiger partial charge in [-0.05, 0) is 35.4 Å². The van der Waals surface area contributed by atoms with Gasteiger partial charge in [-0.15, -0.1) is 0 Å². The lowest BCUT2D eigenvalue weighted by Crippen LogP contribution is -2.33. The highest BCUT2D eigenvalue weighted by molar-refractivity contribution is 8.16. The number of rotatable bonds is 2. The van der Waals surface area contributed by atoms with Crippen molar-refractivity contribution in [2.45, 2.75) is 6.04 Å². The Hall–Kier alpha value is -2.39. The molecule has 0 spiro atoms. The number of hydrogen-bond donors (Lipinski definition) is 1. The fourth-order valence-electron chi connectivity index (χ4n) is 2.93. The number of benzene rings is 2. The summed E-state index contributed by atoms with van der Waals surface area (Å²) in [6.07, 6.45) is 0. The molecule has 0 amide bonds. The lowest BCUT2D eigenvalue weighted by molar-refractivity contribution is 0.651. The molecule has 2 aromatic carbocycles. The monoisotopic (exact) mass is 398 g/mol. The molecule has 2 aromatic rings. The predicted octanol–water partition coefficient (Wildman–Crippen LogP) is 5.15. The average molecular weight is 399 g/mol. The van der Waals surface area contributed by atoms with Crippen LogP contribution in [0, 0.1) is 11.3 Å². The van der Waals surface area contributed by atoms with Crippen molar-refractivity contribution in [1.29, 1.82) is 5.26 Å². The van der Waals surface area contributed by atoms with E-state index in [1.807, 2.05) is 52.8 Å². The number of fused-ring (bicyclic) bond motifs is 1. The van der Waals surface area contributed by atoms with Crippen LogP contribution in [0.1, 0.15) is 17.2 Å². The zero-order valence-corrected chi connectivity index (χ0v) is 15.7. The van der Waals surface area contributed by atoms with E-state index in [1.54, 1.807) is 6.07 Å². The topological polar surface area (TPSA) is 65.4 Å². The molecule has 4 rings (SSSR count). The minimum absolute atomic E-state index is 0.383. The molecule has 128 valence electrons. The quantitative estimate of drug-likeness (QED) is 0.759. The van der Waals surface area contributed by atoms with Crippen LogP contribution in [0.15, 0.2) is 70.3 Å². The zero-order chi connectivity index (χ0) is 18.3. The SMILES string of the molecule is N#CC1=C(N)N2C(c3ccc(Cl)cc3)=CSC2=NC1c1cccc(Cl)c1. The Morgan fingerprint density at radius 3 is 2.58 bits per heavy atom. The number of hydrogen-bond acceptors (Lipinski definition) is 5. The Balaban J connectivity index is 1.77. The van der Waals surface area contributed by atoms with Crippen LogP contribution in [-0.2, 0) is 0 Å². The zero-order valence-electron chi connectivity index (χ0n) is 13.4. The van der Waals surface area contributed by atoms with Gasteiger partial charge in [0, 0.05) is 15.5 Å². The molecule has 0 aliphatic carbocycles. The summed E-state index contributed by atoms with van der Waals surface area (Å²) in [5.74, 6) is 0.383. The molecular formula is C19H12Cl2N4S. The third-order valence-electron chi connectivity index (χ3n) is 4.16. The van der Waals surface area contributed by atoms with Crippen LogP contribution in [0.5, 0.6) is 0 Å². The summed E-state index contributed by atoms with van der Waals surface area (Å²) in [6, 6.07) is 16.6. The van der Waals surface area contributed by atoms with E-state index < -0.39 is 6.04 Å². The van der Waals surface area contributed by atoms with Gasteiger partial charge >= 0.3 is 0 Å². The third kappa shape index (κ3) is 2.86. The number of nitrogens with two attached hydrogens (primary N) is 1. The second kappa shape index (κ2) is 6.73. The molecule has 4 nitrogen and oxygen atoms in total. The van der Waals surface area contributed by atoms with Crippen molar-refractivity contribution < 1.29 is 0 Å². The number of nitrogens with zero attached hydrogens (tertiary/aromatic N) is 3. The number of amidine groups is 1. The fraction of sp³-hybridized carbons (Fsp3) is 0.0526. The van der Waals surface area contributed by atoms with Crippen LogP contribution in [0.3, 0.4) is 0 Å². The van der Waals surface area contributed by atoms with Gasteiger partial charge in [-0.3, -0.25) is 4.90 Å². The molecule has 2 N–H and O–H groups in total. The molecule has 0 fully saturated rings. The molecule has 0 radical (unpaired) electrons. The Labute approximate surface area is 165 Å². The molecule has 1 atom stereocenters. The molecule has 2 aliphatic heterocycles. The van der Waals surface area contributed by atoms with E-state index in [2.05, 4.69) is 6.07 Å². The maximum absolute atomic E-state index is 9.72. The van der Waals surface area contributed by atoms with Crippen molar-refractivity contribution in [2.75, 3.05) is 0 Å². The first-order chi connectivity index (χ1) is 12.6. The summed E-state index contributed by atoms with van der Waals surface area (Å²) in [5.41, 5.74) is 9.45. The van der Waals surface area contributed by atoms with Crippen molar-refractivity contribution in [3.8, 4) is 6.07 Å².